The highest BCUT2D eigenvalue weighted by atomic mass is 32.2. The average molecular weight is 204 g/mol. The zero-order valence-corrected chi connectivity index (χ0v) is 11.6. The number of hydrogen-bond acceptors (Lipinski definition) is 1. The van der Waals surface area contributed by atoms with Crippen LogP contribution in [0.4, 0.5) is 0 Å². The lowest BCUT2D eigenvalue weighted by Crippen LogP contribution is -1.49. The van der Waals surface area contributed by atoms with Crippen LogP contribution in [-0.2, 0) is 0 Å². The van der Waals surface area contributed by atoms with E-state index in [1.54, 1.807) is 11.8 Å². The van der Waals surface area contributed by atoms with Crippen LogP contribution in [0.15, 0.2) is 23.6 Å². The van der Waals surface area contributed by atoms with Crippen LogP contribution in [0.1, 0.15) is 48.5 Å². The van der Waals surface area contributed by atoms with Crippen LogP contribution >= 0.6 is 11.8 Å². The molecule has 0 amide bonds. The summed E-state index contributed by atoms with van der Waals surface area (Å²) in [6.45, 7) is 17.6. The molecule has 0 spiro atoms. The Labute approximate surface area is 90.5 Å². The highest BCUT2D eigenvalue weighted by molar-refractivity contribution is 8.02. The van der Waals surface area contributed by atoms with Gasteiger partial charge in [-0.1, -0.05) is 46.4 Å². The molecule has 82 valence electrons. The Morgan fingerprint density at radius 2 is 1.15 bits per heavy atom. The maximum Gasteiger partial charge on any atom is -0.0140 e. The van der Waals surface area contributed by atoms with Crippen molar-refractivity contribution < 1.29 is 0 Å². The Hall–Kier alpha value is -0.170. The number of rotatable bonds is 1. The van der Waals surface area contributed by atoms with Crippen LogP contribution in [-0.4, -0.2) is 6.26 Å². The highest BCUT2D eigenvalue weighted by Crippen LogP contribution is 2.03. The van der Waals surface area contributed by atoms with Crippen molar-refractivity contribution in [3.05, 3.63) is 23.6 Å². The number of allylic oxidation sites excluding steroid dienone is 3. The Kier molecular flexibility index (Phi) is 72.3. The third-order valence-electron chi connectivity index (χ3n) is 0.682. The molecule has 0 heterocycles. The summed E-state index contributed by atoms with van der Waals surface area (Å²) in [5.41, 5.74) is 0. The van der Waals surface area contributed by atoms with Crippen molar-refractivity contribution in [3.8, 4) is 0 Å². The SMILES string of the molecule is C=C(C)SC.CC.CC.CC=CC. The van der Waals surface area contributed by atoms with E-state index in [0.717, 1.165) is 0 Å². The van der Waals surface area contributed by atoms with Gasteiger partial charge in [-0.2, -0.15) is 0 Å². The van der Waals surface area contributed by atoms with E-state index in [2.05, 4.69) is 6.58 Å². The van der Waals surface area contributed by atoms with Crippen molar-refractivity contribution in [1.82, 2.24) is 0 Å². The molecule has 0 aliphatic rings. The lowest BCUT2D eigenvalue weighted by molar-refractivity contribution is 1.50. The molecule has 0 aromatic heterocycles. The summed E-state index contributed by atoms with van der Waals surface area (Å²) < 4.78 is 0. The third-order valence-corrected chi connectivity index (χ3v) is 1.38. The van der Waals surface area contributed by atoms with Crippen LogP contribution < -0.4 is 0 Å². The van der Waals surface area contributed by atoms with Gasteiger partial charge >= 0.3 is 0 Å². The second-order valence-corrected chi connectivity index (χ2v) is 2.68. The Morgan fingerprint density at radius 3 is 1.15 bits per heavy atom. The molecule has 0 unspecified atom stereocenters. The predicted molar refractivity (Wildman–Crippen MR) is 71.5 cm³/mol. The fourth-order valence-corrected chi connectivity index (χ4v) is 0. The van der Waals surface area contributed by atoms with E-state index < -0.39 is 0 Å². The zero-order chi connectivity index (χ0) is 11.7. The first kappa shape index (κ1) is 23.0. The summed E-state index contributed by atoms with van der Waals surface area (Å²) >= 11 is 1.69. The molecule has 0 atom stereocenters. The van der Waals surface area contributed by atoms with Gasteiger partial charge in [-0.05, 0) is 31.9 Å². The Bertz CT molecular complexity index is 79.1. The molecule has 0 aliphatic heterocycles. The number of thioether (sulfide) groups is 1. The Balaban J connectivity index is -0.0000000457. The molecule has 0 fully saturated rings. The second-order valence-electron chi connectivity index (χ2n) is 1.57. The maximum atomic E-state index is 3.64. The van der Waals surface area contributed by atoms with Gasteiger partial charge in [0.2, 0.25) is 0 Å². The minimum absolute atomic E-state index is 1.17. The molecule has 0 saturated carbocycles. The molecule has 0 rings (SSSR count). The monoisotopic (exact) mass is 204 g/mol. The lowest BCUT2D eigenvalue weighted by Gasteiger charge is -1.79. The topological polar surface area (TPSA) is 0 Å². The van der Waals surface area contributed by atoms with Crippen molar-refractivity contribution >= 4 is 11.8 Å². The van der Waals surface area contributed by atoms with E-state index in [-0.39, 0.29) is 0 Å². The highest BCUT2D eigenvalue weighted by Gasteiger charge is 1.67. The first-order valence-corrected chi connectivity index (χ1v) is 6.18. The molecule has 13 heavy (non-hydrogen) atoms. The van der Waals surface area contributed by atoms with Crippen LogP contribution in [0, 0.1) is 0 Å². The van der Waals surface area contributed by atoms with E-state index in [4.69, 9.17) is 0 Å². The van der Waals surface area contributed by atoms with E-state index >= 15 is 0 Å². The van der Waals surface area contributed by atoms with Crippen molar-refractivity contribution in [2.75, 3.05) is 6.26 Å². The molecule has 0 bridgehead atoms. The molecular weight excluding hydrogens is 176 g/mol. The van der Waals surface area contributed by atoms with Crippen molar-refractivity contribution in [3.63, 3.8) is 0 Å². The zero-order valence-electron chi connectivity index (χ0n) is 10.8. The van der Waals surface area contributed by atoms with Gasteiger partial charge in [0.1, 0.15) is 0 Å². The molecule has 0 nitrogen and oxygen atoms in total. The first-order valence-electron chi connectivity index (χ1n) is 4.95. The van der Waals surface area contributed by atoms with E-state index in [0.29, 0.717) is 0 Å². The standard InChI is InChI=1S/C4H8S.C4H8.2C2H6/c1-4(2)5-3;1-3-4-2;2*1-2/h1H2,2-3H3;3-4H,1-2H3;2*1-2H3. The summed E-state index contributed by atoms with van der Waals surface area (Å²) in [6, 6.07) is 0. The largest absolute Gasteiger partial charge is 0.135 e. The molecule has 0 aromatic rings. The average Bonchev–Trinajstić information content (AvgIpc) is 2.24. The van der Waals surface area contributed by atoms with Crippen molar-refractivity contribution in [2.45, 2.75) is 48.5 Å². The molecular formula is C12H28S. The lowest BCUT2D eigenvalue weighted by atomic mass is 10.6. The van der Waals surface area contributed by atoms with Crippen LogP contribution in [0.3, 0.4) is 0 Å². The minimum atomic E-state index is 1.17. The van der Waals surface area contributed by atoms with Crippen LogP contribution in [0.5, 0.6) is 0 Å². The van der Waals surface area contributed by atoms with Gasteiger partial charge in [-0.3, -0.25) is 0 Å². The fraction of sp³-hybridized carbons (Fsp3) is 0.667. The first-order chi connectivity index (χ1) is 6.18. The summed E-state index contributed by atoms with van der Waals surface area (Å²) in [5.74, 6) is 0. The van der Waals surface area contributed by atoms with Gasteiger partial charge in [0.05, 0.1) is 0 Å². The molecule has 1 heteroatoms. The van der Waals surface area contributed by atoms with Crippen molar-refractivity contribution in [1.29, 1.82) is 0 Å². The van der Waals surface area contributed by atoms with Crippen LogP contribution in [0.2, 0.25) is 0 Å². The molecule has 0 radical (unpaired) electrons. The molecule has 0 saturated heterocycles. The Morgan fingerprint density at radius 1 is 1.00 bits per heavy atom. The third kappa shape index (κ3) is 143. The van der Waals surface area contributed by atoms with Crippen LogP contribution in [0.25, 0.3) is 0 Å². The normalized spacial score (nSPS) is 6.77. The van der Waals surface area contributed by atoms with Gasteiger partial charge in [0.25, 0.3) is 0 Å². The summed E-state index contributed by atoms with van der Waals surface area (Å²) in [7, 11) is 0. The predicted octanol–water partition coefficient (Wildman–Crippen LogP) is 5.52. The van der Waals surface area contributed by atoms with Crippen molar-refractivity contribution in [2.24, 2.45) is 0 Å². The van der Waals surface area contributed by atoms with Gasteiger partial charge in [0.15, 0.2) is 0 Å². The van der Waals surface area contributed by atoms with Gasteiger partial charge in [-0.15, -0.1) is 11.8 Å². The van der Waals surface area contributed by atoms with Gasteiger partial charge in [-0.25, -0.2) is 0 Å². The second kappa shape index (κ2) is 40.8. The van der Waals surface area contributed by atoms with E-state index in [9.17, 15) is 0 Å². The molecule has 0 aliphatic carbocycles. The van der Waals surface area contributed by atoms with Gasteiger partial charge in [0, 0.05) is 0 Å². The number of hydrogen-bond donors (Lipinski definition) is 0. The summed E-state index contributed by atoms with van der Waals surface area (Å²) in [5, 5.41) is 0. The molecule has 0 aromatic carbocycles. The minimum Gasteiger partial charge on any atom is -0.135 e. The summed E-state index contributed by atoms with van der Waals surface area (Å²) in [4.78, 5) is 1.17. The fourth-order valence-electron chi connectivity index (χ4n) is 0. The summed E-state index contributed by atoms with van der Waals surface area (Å²) in [6.07, 6.45) is 6.02. The molecule has 0 N–H and O–H groups in total. The van der Waals surface area contributed by atoms with E-state index in [1.165, 1.54) is 4.91 Å². The van der Waals surface area contributed by atoms with E-state index in [1.807, 2.05) is 66.9 Å². The van der Waals surface area contributed by atoms with Gasteiger partial charge < -0.3 is 0 Å². The maximum absolute atomic E-state index is 3.64. The smallest absolute Gasteiger partial charge is 0.0140 e. The quantitative estimate of drug-likeness (QED) is 0.507.